The van der Waals surface area contributed by atoms with Gasteiger partial charge in [0.1, 0.15) is 16.9 Å². The molecule has 6 aromatic rings. The monoisotopic (exact) mass is 610 g/mol. The molecule has 0 saturated carbocycles. The SMILES string of the molecule is CCCCCc1ccc(-c2ccc(-c3cc(F)c(-c4ccc(-c5ccc(CCCCC)cc5)s4)c4nsnc34)s2)cc1. The first-order valence-corrected chi connectivity index (χ1v) is 17.3. The van der Waals surface area contributed by atoms with Crippen LogP contribution in [0.2, 0.25) is 0 Å². The second-order valence-electron chi connectivity index (χ2n) is 10.9. The van der Waals surface area contributed by atoms with Gasteiger partial charge in [-0.05, 0) is 78.3 Å². The van der Waals surface area contributed by atoms with Gasteiger partial charge in [-0.15, -0.1) is 22.7 Å². The van der Waals surface area contributed by atoms with Crippen molar-refractivity contribution in [3.63, 3.8) is 0 Å². The summed E-state index contributed by atoms with van der Waals surface area (Å²) in [6, 6.07) is 27.7. The lowest BCUT2D eigenvalue weighted by Gasteiger charge is -2.06. The van der Waals surface area contributed by atoms with Crippen molar-refractivity contribution in [3.8, 4) is 41.8 Å². The number of aryl methyl sites for hydroxylation is 2. The van der Waals surface area contributed by atoms with Crippen molar-refractivity contribution in [1.29, 1.82) is 0 Å². The maximum absolute atomic E-state index is 15.9. The van der Waals surface area contributed by atoms with Crippen molar-refractivity contribution >= 4 is 45.4 Å². The molecule has 0 saturated heterocycles. The van der Waals surface area contributed by atoms with Crippen LogP contribution in [0.4, 0.5) is 4.39 Å². The lowest BCUT2D eigenvalue weighted by Crippen LogP contribution is -1.88. The lowest BCUT2D eigenvalue weighted by molar-refractivity contribution is 0.633. The van der Waals surface area contributed by atoms with Crippen LogP contribution in [0, 0.1) is 5.82 Å². The summed E-state index contributed by atoms with van der Waals surface area (Å²) >= 11 is 4.43. The van der Waals surface area contributed by atoms with Gasteiger partial charge in [0.15, 0.2) is 0 Å². The van der Waals surface area contributed by atoms with Gasteiger partial charge in [0, 0.05) is 25.1 Å². The molecule has 0 N–H and O–H groups in total. The highest BCUT2D eigenvalue weighted by molar-refractivity contribution is 7.19. The fraction of sp³-hybridized carbons (Fsp3) is 0.278. The van der Waals surface area contributed by atoms with E-state index >= 15 is 4.39 Å². The fourth-order valence-electron chi connectivity index (χ4n) is 5.43. The number of nitrogens with zero attached hydrogens (tertiary/aromatic N) is 2. The average molecular weight is 611 g/mol. The number of thiophene rings is 2. The van der Waals surface area contributed by atoms with E-state index in [2.05, 4.69) is 89.3 Å². The van der Waals surface area contributed by atoms with Gasteiger partial charge in [-0.25, -0.2) is 4.39 Å². The van der Waals surface area contributed by atoms with Crippen LogP contribution in [-0.4, -0.2) is 8.75 Å². The summed E-state index contributed by atoms with van der Waals surface area (Å²) in [5.74, 6) is -0.253. The number of aromatic nitrogens is 2. The summed E-state index contributed by atoms with van der Waals surface area (Å²) in [4.78, 5) is 4.19. The van der Waals surface area contributed by atoms with Crippen molar-refractivity contribution in [2.45, 2.75) is 65.2 Å². The van der Waals surface area contributed by atoms with E-state index in [0.717, 1.165) is 55.8 Å². The Balaban J connectivity index is 1.25. The van der Waals surface area contributed by atoms with Gasteiger partial charge < -0.3 is 0 Å². The summed E-state index contributed by atoms with van der Waals surface area (Å²) in [5.41, 5.74) is 7.87. The number of rotatable bonds is 12. The van der Waals surface area contributed by atoms with E-state index in [4.69, 9.17) is 0 Å². The van der Waals surface area contributed by atoms with Crippen LogP contribution in [0.1, 0.15) is 63.5 Å². The zero-order valence-corrected chi connectivity index (χ0v) is 26.6. The van der Waals surface area contributed by atoms with Gasteiger partial charge >= 0.3 is 0 Å². The second kappa shape index (κ2) is 13.4. The molecule has 0 spiro atoms. The number of fused-ring (bicyclic) bond motifs is 1. The molecule has 0 radical (unpaired) electrons. The molecule has 0 amide bonds. The van der Waals surface area contributed by atoms with Crippen LogP contribution >= 0.6 is 34.4 Å². The van der Waals surface area contributed by atoms with Crippen molar-refractivity contribution in [2.75, 3.05) is 0 Å². The van der Waals surface area contributed by atoms with E-state index in [0.29, 0.717) is 11.1 Å². The predicted molar refractivity (Wildman–Crippen MR) is 181 cm³/mol. The average Bonchev–Trinajstić information content (AvgIpc) is 3.80. The predicted octanol–water partition coefficient (Wildman–Crippen LogP) is 12.1. The molecule has 3 aromatic heterocycles. The van der Waals surface area contributed by atoms with Crippen LogP contribution in [0.5, 0.6) is 0 Å². The molecule has 0 aliphatic carbocycles. The minimum Gasteiger partial charge on any atom is -0.206 e. The molecule has 6 rings (SSSR count). The smallest absolute Gasteiger partial charge is 0.134 e. The first-order chi connectivity index (χ1) is 20.6. The van der Waals surface area contributed by atoms with Crippen LogP contribution in [0.25, 0.3) is 52.8 Å². The third kappa shape index (κ3) is 6.26. The molecule has 0 aliphatic rings. The van der Waals surface area contributed by atoms with Crippen LogP contribution in [0.3, 0.4) is 0 Å². The van der Waals surface area contributed by atoms with E-state index in [9.17, 15) is 0 Å². The summed E-state index contributed by atoms with van der Waals surface area (Å²) in [7, 11) is 0. The summed E-state index contributed by atoms with van der Waals surface area (Å²) in [5, 5.41) is 0. The molecule has 214 valence electrons. The van der Waals surface area contributed by atoms with Gasteiger partial charge in [-0.1, -0.05) is 88.1 Å². The second-order valence-corrected chi connectivity index (χ2v) is 13.6. The van der Waals surface area contributed by atoms with Gasteiger partial charge in [-0.2, -0.15) is 8.75 Å². The van der Waals surface area contributed by atoms with E-state index < -0.39 is 0 Å². The van der Waals surface area contributed by atoms with E-state index in [1.165, 1.54) is 60.1 Å². The maximum Gasteiger partial charge on any atom is 0.134 e. The Morgan fingerprint density at radius 2 is 1.07 bits per heavy atom. The highest BCUT2D eigenvalue weighted by Gasteiger charge is 2.21. The van der Waals surface area contributed by atoms with Crippen molar-refractivity contribution in [3.05, 3.63) is 95.8 Å². The molecular formula is C36H35FN2S3. The van der Waals surface area contributed by atoms with Crippen LogP contribution in [0.15, 0.2) is 78.9 Å². The topological polar surface area (TPSA) is 25.8 Å². The van der Waals surface area contributed by atoms with Crippen LogP contribution < -0.4 is 0 Å². The first kappa shape index (κ1) is 28.9. The highest BCUT2D eigenvalue weighted by Crippen LogP contribution is 2.43. The minimum atomic E-state index is -0.253. The highest BCUT2D eigenvalue weighted by atomic mass is 32.1. The van der Waals surface area contributed by atoms with Crippen molar-refractivity contribution < 1.29 is 4.39 Å². The normalized spacial score (nSPS) is 11.5. The molecule has 6 heteroatoms. The lowest BCUT2D eigenvalue weighted by atomic mass is 10.0. The fourth-order valence-corrected chi connectivity index (χ4v) is 8.08. The van der Waals surface area contributed by atoms with Crippen molar-refractivity contribution in [2.24, 2.45) is 0 Å². The zero-order valence-electron chi connectivity index (χ0n) is 24.2. The number of hydrogen-bond acceptors (Lipinski definition) is 5. The summed E-state index contributed by atoms with van der Waals surface area (Å²) in [6.45, 7) is 4.47. The molecule has 2 nitrogen and oxygen atoms in total. The van der Waals surface area contributed by atoms with Crippen molar-refractivity contribution in [1.82, 2.24) is 8.75 Å². The zero-order chi connectivity index (χ0) is 28.9. The van der Waals surface area contributed by atoms with E-state index in [1.54, 1.807) is 28.7 Å². The molecular weight excluding hydrogens is 576 g/mol. The Bertz CT molecular complexity index is 1760. The summed E-state index contributed by atoms with van der Waals surface area (Å²) in [6.07, 6.45) is 9.71. The number of unbranched alkanes of at least 4 members (excludes halogenated alkanes) is 4. The molecule has 0 bridgehead atoms. The third-order valence-corrected chi connectivity index (χ3v) is 10.7. The molecule has 0 atom stereocenters. The van der Waals surface area contributed by atoms with Gasteiger partial charge in [-0.3, -0.25) is 0 Å². The number of hydrogen-bond donors (Lipinski definition) is 0. The van der Waals surface area contributed by atoms with Crippen LogP contribution in [-0.2, 0) is 12.8 Å². The third-order valence-electron chi connectivity index (χ3n) is 7.83. The molecule has 0 aliphatic heterocycles. The quantitative estimate of drug-likeness (QED) is 0.129. The number of benzene rings is 3. The van der Waals surface area contributed by atoms with Gasteiger partial charge in [0.25, 0.3) is 0 Å². The Labute approximate surface area is 260 Å². The number of halogens is 1. The Hall–Kier alpha value is -3.19. The Kier molecular flexibility index (Phi) is 9.23. The standard InChI is InChI=1S/C36H35FN2S3/c1-3-5-7-9-24-11-15-26(16-12-24)30-19-21-32(40-30)28-23-29(37)34(36-35(28)38-42-39-36)33-22-20-31(41-33)27-17-13-25(14-18-27)10-8-6-4-2/h11-23H,3-10H2,1-2H3. The van der Waals surface area contributed by atoms with Gasteiger partial charge in [0.2, 0.25) is 0 Å². The maximum atomic E-state index is 15.9. The van der Waals surface area contributed by atoms with E-state index in [1.807, 2.05) is 6.07 Å². The minimum absolute atomic E-state index is 0.253. The molecule has 0 unspecified atom stereocenters. The summed E-state index contributed by atoms with van der Waals surface area (Å²) < 4.78 is 25.1. The first-order valence-electron chi connectivity index (χ1n) is 15.0. The molecule has 3 heterocycles. The Morgan fingerprint density at radius 1 is 0.571 bits per heavy atom. The largest absolute Gasteiger partial charge is 0.206 e. The molecule has 42 heavy (non-hydrogen) atoms. The molecule has 0 fully saturated rings. The molecule has 3 aromatic carbocycles. The Morgan fingerprint density at radius 3 is 1.64 bits per heavy atom. The van der Waals surface area contributed by atoms with E-state index in [-0.39, 0.29) is 5.82 Å². The van der Waals surface area contributed by atoms with Gasteiger partial charge in [0.05, 0.1) is 17.3 Å².